The molecule has 0 aliphatic heterocycles. The molecule has 0 amide bonds. The maximum atomic E-state index is 13.2. The maximum absolute atomic E-state index is 13.2. The zero-order chi connectivity index (χ0) is 13.8. The highest BCUT2D eigenvalue weighted by atomic mass is 32.1. The normalized spacial score (nSPS) is 12.2. The third-order valence-corrected chi connectivity index (χ3v) is 4.11. The molecule has 1 aromatic carbocycles. The molecule has 1 N–H and O–H groups in total. The van der Waals surface area contributed by atoms with E-state index < -0.39 is 0 Å². The van der Waals surface area contributed by atoms with Crippen LogP contribution in [0.4, 0.5) is 10.1 Å². The van der Waals surface area contributed by atoms with Crippen LogP contribution >= 0.6 is 11.3 Å². The first-order valence-corrected chi connectivity index (χ1v) is 7.22. The zero-order valence-electron chi connectivity index (χ0n) is 11.4. The molecule has 4 heteroatoms. The van der Waals surface area contributed by atoms with Gasteiger partial charge in [-0.2, -0.15) is 0 Å². The molecule has 19 heavy (non-hydrogen) atoms. The molecule has 0 radical (unpaired) electrons. The average molecular weight is 279 g/mol. The van der Waals surface area contributed by atoms with E-state index in [0.717, 1.165) is 5.69 Å². The zero-order valence-corrected chi connectivity index (χ0v) is 12.2. The minimum atomic E-state index is -0.283. The summed E-state index contributed by atoms with van der Waals surface area (Å²) < 4.78 is 18.7. The van der Waals surface area contributed by atoms with E-state index in [4.69, 9.17) is 4.74 Å². The Morgan fingerprint density at radius 3 is 2.79 bits per heavy atom. The van der Waals surface area contributed by atoms with Gasteiger partial charge in [0.1, 0.15) is 11.6 Å². The predicted octanol–water partition coefficient (Wildman–Crippen LogP) is 4.77. The molecule has 0 bridgehead atoms. The van der Waals surface area contributed by atoms with Gasteiger partial charge in [0.05, 0.1) is 18.3 Å². The van der Waals surface area contributed by atoms with Crippen molar-refractivity contribution in [1.82, 2.24) is 0 Å². The smallest absolute Gasteiger partial charge is 0.145 e. The van der Waals surface area contributed by atoms with Gasteiger partial charge in [-0.1, -0.05) is 0 Å². The van der Waals surface area contributed by atoms with Gasteiger partial charge in [-0.25, -0.2) is 4.39 Å². The molecule has 0 saturated heterocycles. The fourth-order valence-corrected chi connectivity index (χ4v) is 2.95. The van der Waals surface area contributed by atoms with Crippen LogP contribution in [-0.4, -0.2) is 6.61 Å². The van der Waals surface area contributed by atoms with Crippen molar-refractivity contribution in [3.8, 4) is 5.75 Å². The van der Waals surface area contributed by atoms with Gasteiger partial charge in [-0.15, -0.1) is 11.3 Å². The van der Waals surface area contributed by atoms with Crippen molar-refractivity contribution in [3.05, 3.63) is 45.9 Å². The number of thiophene rings is 1. The second-order valence-corrected chi connectivity index (χ2v) is 5.36. The van der Waals surface area contributed by atoms with Gasteiger partial charge >= 0.3 is 0 Å². The molecule has 0 spiro atoms. The lowest BCUT2D eigenvalue weighted by Gasteiger charge is -2.18. The largest absolute Gasteiger partial charge is 0.492 e. The molecule has 102 valence electrons. The molecular formula is C15H18FNOS. The van der Waals surface area contributed by atoms with Crippen LogP contribution in [-0.2, 0) is 0 Å². The topological polar surface area (TPSA) is 21.3 Å². The highest BCUT2D eigenvalue weighted by molar-refractivity contribution is 7.10. The van der Waals surface area contributed by atoms with Crippen molar-refractivity contribution >= 4 is 17.0 Å². The number of hydrogen-bond acceptors (Lipinski definition) is 3. The maximum Gasteiger partial charge on any atom is 0.145 e. The molecule has 2 nitrogen and oxygen atoms in total. The Kier molecular flexibility index (Phi) is 4.43. The summed E-state index contributed by atoms with van der Waals surface area (Å²) in [5, 5.41) is 5.46. The number of anilines is 1. The van der Waals surface area contributed by atoms with Gasteiger partial charge in [-0.3, -0.25) is 0 Å². The van der Waals surface area contributed by atoms with E-state index in [1.807, 2.05) is 6.92 Å². The fraction of sp³-hybridized carbons (Fsp3) is 0.333. The molecule has 0 aliphatic carbocycles. The third-order valence-electron chi connectivity index (χ3n) is 2.91. The molecule has 1 unspecified atom stereocenters. The van der Waals surface area contributed by atoms with Crippen LogP contribution in [0.2, 0.25) is 0 Å². The first kappa shape index (κ1) is 13.9. The quantitative estimate of drug-likeness (QED) is 0.851. The average Bonchev–Trinajstić information content (AvgIpc) is 2.79. The van der Waals surface area contributed by atoms with E-state index in [1.165, 1.54) is 22.6 Å². The minimum absolute atomic E-state index is 0.171. The first-order chi connectivity index (χ1) is 9.11. The van der Waals surface area contributed by atoms with Gasteiger partial charge in [0.25, 0.3) is 0 Å². The predicted molar refractivity (Wildman–Crippen MR) is 78.7 cm³/mol. The van der Waals surface area contributed by atoms with Crippen molar-refractivity contribution in [2.45, 2.75) is 26.8 Å². The Morgan fingerprint density at radius 1 is 1.37 bits per heavy atom. The number of aryl methyl sites for hydroxylation is 1. The highest BCUT2D eigenvalue weighted by Gasteiger charge is 2.12. The summed E-state index contributed by atoms with van der Waals surface area (Å²) in [6, 6.07) is 6.86. The van der Waals surface area contributed by atoms with Crippen molar-refractivity contribution in [1.29, 1.82) is 0 Å². The molecule has 0 fully saturated rings. The number of ether oxygens (including phenoxy) is 1. The standard InChI is InChI=1S/C15H18FNOS/c1-4-18-14-9-12(16)5-6-13(14)17-11(3)15-10(2)7-8-19-15/h5-9,11,17H,4H2,1-3H3. The molecular weight excluding hydrogens is 261 g/mol. The van der Waals surface area contributed by atoms with Gasteiger partial charge < -0.3 is 10.1 Å². The van der Waals surface area contributed by atoms with Crippen LogP contribution < -0.4 is 10.1 Å². The second kappa shape index (κ2) is 6.06. The molecule has 1 atom stereocenters. The Morgan fingerprint density at radius 2 is 2.16 bits per heavy atom. The Labute approximate surface area is 117 Å². The van der Waals surface area contributed by atoms with E-state index in [1.54, 1.807) is 17.4 Å². The Bertz CT molecular complexity index is 553. The lowest BCUT2D eigenvalue weighted by atomic mass is 10.1. The molecule has 1 heterocycles. The summed E-state index contributed by atoms with van der Waals surface area (Å²) in [5.74, 6) is 0.275. The first-order valence-electron chi connectivity index (χ1n) is 6.34. The van der Waals surface area contributed by atoms with Gasteiger partial charge in [0.15, 0.2) is 0 Å². The van der Waals surface area contributed by atoms with Crippen LogP contribution in [0, 0.1) is 12.7 Å². The van der Waals surface area contributed by atoms with Crippen LogP contribution in [0.25, 0.3) is 0 Å². The number of benzene rings is 1. The molecule has 1 aromatic heterocycles. The molecule has 0 aliphatic rings. The van der Waals surface area contributed by atoms with Crippen molar-refractivity contribution in [3.63, 3.8) is 0 Å². The SMILES string of the molecule is CCOc1cc(F)ccc1NC(C)c1sccc1C. The van der Waals surface area contributed by atoms with Crippen LogP contribution in [0.5, 0.6) is 5.75 Å². The Hall–Kier alpha value is -1.55. The lowest BCUT2D eigenvalue weighted by Crippen LogP contribution is -2.08. The second-order valence-electron chi connectivity index (χ2n) is 4.41. The number of halogens is 1. The third kappa shape index (κ3) is 3.26. The summed E-state index contributed by atoms with van der Waals surface area (Å²) in [5.41, 5.74) is 2.09. The van der Waals surface area contributed by atoms with Crippen molar-refractivity contribution < 1.29 is 9.13 Å². The van der Waals surface area contributed by atoms with Gasteiger partial charge in [0.2, 0.25) is 0 Å². The van der Waals surface area contributed by atoms with Gasteiger partial charge in [-0.05, 0) is 49.9 Å². The van der Waals surface area contributed by atoms with Crippen LogP contribution in [0.1, 0.15) is 30.3 Å². The van der Waals surface area contributed by atoms with E-state index in [2.05, 4.69) is 30.6 Å². The monoisotopic (exact) mass is 279 g/mol. The van der Waals surface area contributed by atoms with E-state index in [9.17, 15) is 4.39 Å². The van der Waals surface area contributed by atoms with Crippen LogP contribution in [0.15, 0.2) is 29.6 Å². The highest BCUT2D eigenvalue weighted by Crippen LogP contribution is 2.31. The van der Waals surface area contributed by atoms with Crippen molar-refractivity contribution in [2.75, 3.05) is 11.9 Å². The Balaban J connectivity index is 2.21. The van der Waals surface area contributed by atoms with E-state index in [0.29, 0.717) is 12.4 Å². The van der Waals surface area contributed by atoms with E-state index in [-0.39, 0.29) is 11.9 Å². The minimum Gasteiger partial charge on any atom is -0.492 e. The summed E-state index contributed by atoms with van der Waals surface area (Å²) in [4.78, 5) is 1.28. The number of hydrogen-bond donors (Lipinski definition) is 1. The van der Waals surface area contributed by atoms with E-state index >= 15 is 0 Å². The lowest BCUT2D eigenvalue weighted by molar-refractivity contribution is 0.339. The summed E-state index contributed by atoms with van der Waals surface area (Å²) in [6.45, 7) is 6.60. The van der Waals surface area contributed by atoms with Crippen LogP contribution in [0.3, 0.4) is 0 Å². The number of rotatable bonds is 5. The molecule has 0 saturated carbocycles. The van der Waals surface area contributed by atoms with Gasteiger partial charge in [0, 0.05) is 10.9 Å². The van der Waals surface area contributed by atoms with Crippen molar-refractivity contribution in [2.24, 2.45) is 0 Å². The number of nitrogens with one attached hydrogen (secondary N) is 1. The summed E-state index contributed by atoms with van der Waals surface area (Å²) in [6.07, 6.45) is 0. The molecule has 2 aromatic rings. The summed E-state index contributed by atoms with van der Waals surface area (Å²) in [7, 11) is 0. The summed E-state index contributed by atoms with van der Waals surface area (Å²) >= 11 is 1.72. The fourth-order valence-electron chi connectivity index (χ4n) is 2.02. The molecule has 2 rings (SSSR count).